The fourth-order valence-electron chi connectivity index (χ4n) is 3.85. The molecule has 0 radical (unpaired) electrons. The normalized spacial score (nSPS) is 16.1. The van der Waals surface area contributed by atoms with Crippen molar-refractivity contribution in [3.63, 3.8) is 0 Å². The molecule has 4 nitrogen and oxygen atoms in total. The Morgan fingerprint density at radius 1 is 1.14 bits per heavy atom. The molecule has 0 aliphatic carbocycles. The van der Waals surface area contributed by atoms with E-state index in [0.717, 1.165) is 35.5 Å². The Morgan fingerprint density at radius 2 is 1.93 bits per heavy atom. The van der Waals surface area contributed by atoms with Crippen LogP contribution in [0.1, 0.15) is 46.2 Å². The molecule has 1 aromatic heterocycles. The summed E-state index contributed by atoms with van der Waals surface area (Å²) in [5, 5.41) is 0. The first-order valence-electron chi connectivity index (χ1n) is 9.79. The Balaban J connectivity index is 1.55. The minimum atomic E-state index is -0.341. The highest BCUT2D eigenvalue weighted by Gasteiger charge is 2.31. The average Bonchev–Trinajstić information content (AvgIpc) is 3.24. The number of hydrogen-bond donors (Lipinski definition) is 0. The lowest BCUT2D eigenvalue weighted by Gasteiger charge is -2.25. The van der Waals surface area contributed by atoms with E-state index in [-0.39, 0.29) is 17.8 Å². The predicted octanol–water partition coefficient (Wildman–Crippen LogP) is 4.80. The van der Waals surface area contributed by atoms with E-state index < -0.39 is 0 Å². The van der Waals surface area contributed by atoms with E-state index in [1.807, 2.05) is 41.3 Å². The topological polar surface area (TPSA) is 42.4 Å². The Morgan fingerprint density at radius 3 is 2.72 bits per heavy atom. The third-order valence-corrected chi connectivity index (χ3v) is 5.29. The zero-order chi connectivity index (χ0) is 20.2. The van der Waals surface area contributed by atoms with Crippen molar-refractivity contribution >= 4 is 5.91 Å². The van der Waals surface area contributed by atoms with Gasteiger partial charge in [0.15, 0.2) is 0 Å². The van der Waals surface area contributed by atoms with Crippen LogP contribution in [0.4, 0.5) is 4.39 Å². The summed E-state index contributed by atoms with van der Waals surface area (Å²) in [5.41, 5.74) is 3.49. The van der Waals surface area contributed by atoms with Crippen LogP contribution in [0.15, 0.2) is 66.7 Å². The van der Waals surface area contributed by atoms with E-state index >= 15 is 0 Å². The highest BCUT2D eigenvalue weighted by molar-refractivity contribution is 5.94. The van der Waals surface area contributed by atoms with Gasteiger partial charge in [-0.2, -0.15) is 0 Å². The molecule has 1 aliphatic rings. The van der Waals surface area contributed by atoms with Gasteiger partial charge in [-0.15, -0.1) is 0 Å². The first-order valence-corrected chi connectivity index (χ1v) is 9.79. The van der Waals surface area contributed by atoms with E-state index in [4.69, 9.17) is 9.72 Å². The fraction of sp³-hybridized carbons (Fsp3) is 0.250. The number of likely N-dealkylation sites (tertiary alicyclic amines) is 1. The quantitative estimate of drug-likeness (QED) is 0.629. The van der Waals surface area contributed by atoms with Gasteiger partial charge in [-0.05, 0) is 66.9 Å². The number of pyridine rings is 1. The molecule has 5 heteroatoms. The minimum Gasteiger partial charge on any atom is -0.497 e. The lowest BCUT2D eigenvalue weighted by molar-refractivity contribution is 0.0732. The summed E-state index contributed by atoms with van der Waals surface area (Å²) >= 11 is 0. The van der Waals surface area contributed by atoms with E-state index in [1.54, 1.807) is 19.2 Å². The van der Waals surface area contributed by atoms with Crippen molar-refractivity contribution in [2.24, 2.45) is 0 Å². The second kappa shape index (κ2) is 8.43. The first-order chi connectivity index (χ1) is 14.1. The predicted molar refractivity (Wildman–Crippen MR) is 109 cm³/mol. The van der Waals surface area contributed by atoms with Gasteiger partial charge in [-0.3, -0.25) is 9.78 Å². The lowest BCUT2D eigenvalue weighted by atomic mass is 10.1. The Bertz CT molecular complexity index is 1000. The standard InChI is InChI=1S/C24H23FN2O2/c1-29-21-7-2-5-17(16-21)15-20-6-3-8-22(26-20)23-9-4-14-27(23)24(28)18-10-12-19(25)13-11-18/h2-3,5-8,10-13,16,23H,4,9,14-15H2,1H3/t23-/m0/s1. The van der Waals surface area contributed by atoms with Crippen molar-refractivity contribution in [3.8, 4) is 5.75 Å². The zero-order valence-electron chi connectivity index (χ0n) is 16.3. The third kappa shape index (κ3) is 4.29. The first kappa shape index (κ1) is 19.1. The summed E-state index contributed by atoms with van der Waals surface area (Å²) in [6.45, 7) is 0.683. The summed E-state index contributed by atoms with van der Waals surface area (Å²) in [4.78, 5) is 19.7. The van der Waals surface area contributed by atoms with Crippen LogP contribution in [0.5, 0.6) is 5.75 Å². The Labute approximate surface area is 170 Å². The SMILES string of the molecule is COc1cccc(Cc2cccc([C@@H]3CCCN3C(=O)c3ccc(F)cc3)n2)c1. The van der Waals surface area contributed by atoms with Crippen LogP contribution in [0, 0.1) is 5.82 Å². The van der Waals surface area contributed by atoms with Crippen molar-refractivity contribution < 1.29 is 13.9 Å². The number of carbonyl (C=O) groups is 1. The van der Waals surface area contributed by atoms with Gasteiger partial charge in [0.25, 0.3) is 5.91 Å². The average molecular weight is 390 g/mol. The molecule has 1 saturated heterocycles. The summed E-state index contributed by atoms with van der Waals surface area (Å²) in [5.74, 6) is 0.407. The van der Waals surface area contributed by atoms with Crippen LogP contribution in [-0.2, 0) is 6.42 Å². The molecular formula is C24H23FN2O2. The molecule has 2 aromatic carbocycles. The second-order valence-electron chi connectivity index (χ2n) is 7.25. The van der Waals surface area contributed by atoms with Crippen molar-refractivity contribution in [2.45, 2.75) is 25.3 Å². The minimum absolute atomic E-state index is 0.0576. The van der Waals surface area contributed by atoms with E-state index in [2.05, 4.69) is 6.07 Å². The molecule has 0 bridgehead atoms. The number of halogens is 1. The molecule has 2 heterocycles. The van der Waals surface area contributed by atoms with Crippen LogP contribution >= 0.6 is 0 Å². The zero-order valence-corrected chi connectivity index (χ0v) is 16.3. The molecule has 1 atom stereocenters. The van der Waals surface area contributed by atoms with Crippen LogP contribution in [0.2, 0.25) is 0 Å². The van der Waals surface area contributed by atoms with Crippen molar-refractivity contribution in [1.29, 1.82) is 0 Å². The molecule has 0 spiro atoms. The number of methoxy groups -OCH3 is 1. The van der Waals surface area contributed by atoms with Crippen LogP contribution in [0.3, 0.4) is 0 Å². The smallest absolute Gasteiger partial charge is 0.254 e. The van der Waals surface area contributed by atoms with Gasteiger partial charge >= 0.3 is 0 Å². The fourth-order valence-corrected chi connectivity index (χ4v) is 3.85. The maximum absolute atomic E-state index is 13.2. The number of rotatable bonds is 5. The summed E-state index contributed by atoms with van der Waals surface area (Å²) in [7, 11) is 1.66. The molecule has 0 unspecified atom stereocenters. The molecule has 1 fully saturated rings. The van der Waals surface area contributed by atoms with Crippen LogP contribution in [-0.4, -0.2) is 29.4 Å². The highest BCUT2D eigenvalue weighted by Crippen LogP contribution is 2.32. The van der Waals surface area contributed by atoms with E-state index in [9.17, 15) is 9.18 Å². The molecule has 0 saturated carbocycles. The number of aromatic nitrogens is 1. The molecule has 1 aliphatic heterocycles. The lowest BCUT2D eigenvalue weighted by Crippen LogP contribution is -2.31. The van der Waals surface area contributed by atoms with Gasteiger partial charge in [0.2, 0.25) is 0 Å². The monoisotopic (exact) mass is 390 g/mol. The number of nitrogens with zero attached hydrogens (tertiary/aromatic N) is 2. The molecule has 1 amide bonds. The summed E-state index contributed by atoms with van der Waals surface area (Å²) in [6.07, 6.45) is 2.51. The maximum atomic E-state index is 13.2. The van der Waals surface area contributed by atoms with E-state index in [0.29, 0.717) is 18.5 Å². The molecule has 0 N–H and O–H groups in total. The largest absolute Gasteiger partial charge is 0.497 e. The number of amides is 1. The van der Waals surface area contributed by atoms with Crippen LogP contribution < -0.4 is 4.74 Å². The number of carbonyl (C=O) groups excluding carboxylic acids is 1. The summed E-state index contributed by atoms with van der Waals surface area (Å²) < 4.78 is 18.5. The van der Waals surface area contributed by atoms with Gasteiger partial charge < -0.3 is 9.64 Å². The van der Waals surface area contributed by atoms with Crippen molar-refractivity contribution in [1.82, 2.24) is 9.88 Å². The van der Waals surface area contributed by atoms with E-state index in [1.165, 1.54) is 12.1 Å². The molecule has 3 aromatic rings. The molecular weight excluding hydrogens is 367 g/mol. The van der Waals surface area contributed by atoms with Crippen molar-refractivity contribution in [3.05, 3.63) is 95.1 Å². The maximum Gasteiger partial charge on any atom is 0.254 e. The molecule has 4 rings (SSSR count). The van der Waals surface area contributed by atoms with Gasteiger partial charge in [0.1, 0.15) is 11.6 Å². The number of hydrogen-bond acceptors (Lipinski definition) is 3. The van der Waals surface area contributed by atoms with Gasteiger partial charge in [0, 0.05) is 24.2 Å². The molecule has 29 heavy (non-hydrogen) atoms. The third-order valence-electron chi connectivity index (χ3n) is 5.29. The number of benzene rings is 2. The van der Waals surface area contributed by atoms with Gasteiger partial charge in [0.05, 0.1) is 18.8 Å². The Kier molecular flexibility index (Phi) is 5.56. The molecule has 148 valence electrons. The Hall–Kier alpha value is -3.21. The number of ether oxygens (including phenoxy) is 1. The summed E-state index contributed by atoms with van der Waals surface area (Å²) in [6, 6.07) is 19.6. The van der Waals surface area contributed by atoms with Crippen LogP contribution in [0.25, 0.3) is 0 Å². The second-order valence-corrected chi connectivity index (χ2v) is 7.25. The van der Waals surface area contributed by atoms with Gasteiger partial charge in [-0.1, -0.05) is 18.2 Å². The van der Waals surface area contributed by atoms with Crippen molar-refractivity contribution in [2.75, 3.05) is 13.7 Å². The van der Waals surface area contributed by atoms with Gasteiger partial charge in [-0.25, -0.2) is 4.39 Å². The highest BCUT2D eigenvalue weighted by atomic mass is 19.1.